The average Bonchev–Trinajstić information content (AvgIpc) is 3.18. The summed E-state index contributed by atoms with van der Waals surface area (Å²) in [5.41, 5.74) is 4.79. The predicted molar refractivity (Wildman–Crippen MR) is 114 cm³/mol. The van der Waals surface area contributed by atoms with Crippen molar-refractivity contribution in [2.45, 2.75) is 32.5 Å². The summed E-state index contributed by atoms with van der Waals surface area (Å²) in [5, 5.41) is 10.7. The average molecular weight is 389 g/mol. The van der Waals surface area contributed by atoms with Crippen LogP contribution in [-0.4, -0.2) is 29.4 Å². The number of rotatable bonds is 8. The van der Waals surface area contributed by atoms with Crippen molar-refractivity contribution in [1.29, 1.82) is 0 Å². The first-order valence-electron chi connectivity index (χ1n) is 10.0. The van der Waals surface area contributed by atoms with E-state index in [1.54, 1.807) is 0 Å². The second-order valence-electron chi connectivity index (χ2n) is 7.69. The maximum absolute atomic E-state index is 10.7. The van der Waals surface area contributed by atoms with Crippen LogP contribution in [0, 0.1) is 6.92 Å². The van der Waals surface area contributed by atoms with Gasteiger partial charge in [-0.25, -0.2) is 0 Å². The van der Waals surface area contributed by atoms with Gasteiger partial charge in [0, 0.05) is 19.6 Å². The molecule has 1 unspecified atom stereocenters. The maximum Gasteiger partial charge on any atom is 0.231 e. The van der Waals surface area contributed by atoms with Crippen molar-refractivity contribution in [2.24, 2.45) is 0 Å². The third-order valence-corrected chi connectivity index (χ3v) is 5.15. The summed E-state index contributed by atoms with van der Waals surface area (Å²) in [5.74, 6) is 1.59. The van der Waals surface area contributed by atoms with E-state index in [4.69, 9.17) is 9.47 Å². The second kappa shape index (κ2) is 9.12. The van der Waals surface area contributed by atoms with Crippen LogP contribution in [0.5, 0.6) is 11.5 Å². The molecule has 1 atom stereocenters. The quantitative estimate of drug-likeness (QED) is 0.623. The number of nitrogens with zero attached hydrogens (tertiary/aromatic N) is 1. The number of aliphatic hydroxyl groups is 1. The first-order valence-corrected chi connectivity index (χ1v) is 10.0. The zero-order chi connectivity index (χ0) is 20.1. The molecule has 0 spiro atoms. The van der Waals surface area contributed by atoms with Crippen LogP contribution in [0.4, 0.5) is 0 Å². The molecule has 0 aliphatic carbocycles. The third kappa shape index (κ3) is 5.37. The Kier molecular flexibility index (Phi) is 6.13. The number of aliphatic hydroxyl groups excluding tert-OH is 1. The van der Waals surface area contributed by atoms with Gasteiger partial charge in [-0.15, -0.1) is 0 Å². The molecule has 0 bridgehead atoms. The highest BCUT2D eigenvalue weighted by atomic mass is 16.7. The topological polar surface area (TPSA) is 41.9 Å². The number of aryl methyl sites for hydroxylation is 1. The number of fused-ring (bicyclic) bond motifs is 1. The van der Waals surface area contributed by atoms with E-state index in [1.807, 2.05) is 30.3 Å². The monoisotopic (exact) mass is 389 g/mol. The van der Waals surface area contributed by atoms with Crippen LogP contribution in [0.3, 0.4) is 0 Å². The fourth-order valence-corrected chi connectivity index (χ4v) is 3.68. The van der Waals surface area contributed by atoms with Crippen LogP contribution in [0.1, 0.15) is 22.3 Å². The van der Waals surface area contributed by atoms with Gasteiger partial charge in [-0.3, -0.25) is 4.90 Å². The van der Waals surface area contributed by atoms with Gasteiger partial charge in [0.1, 0.15) is 0 Å². The van der Waals surface area contributed by atoms with Gasteiger partial charge in [0.25, 0.3) is 0 Å². The Balaban J connectivity index is 1.47. The summed E-state index contributed by atoms with van der Waals surface area (Å²) in [6.07, 6.45) is 0.212. The van der Waals surface area contributed by atoms with Gasteiger partial charge >= 0.3 is 0 Å². The van der Waals surface area contributed by atoms with Crippen molar-refractivity contribution in [3.63, 3.8) is 0 Å². The van der Waals surface area contributed by atoms with E-state index >= 15 is 0 Å². The fourth-order valence-electron chi connectivity index (χ4n) is 3.68. The minimum Gasteiger partial charge on any atom is -0.454 e. The third-order valence-electron chi connectivity index (χ3n) is 5.15. The molecule has 4 nitrogen and oxygen atoms in total. The van der Waals surface area contributed by atoms with Gasteiger partial charge in [-0.05, 0) is 42.2 Å². The molecule has 150 valence electrons. The Bertz CT molecular complexity index is 925. The Morgan fingerprint density at radius 2 is 1.52 bits per heavy atom. The first kappa shape index (κ1) is 19.5. The van der Waals surface area contributed by atoms with Crippen molar-refractivity contribution in [3.05, 3.63) is 95.1 Å². The normalized spacial score (nSPS) is 13.6. The molecule has 4 heteroatoms. The molecule has 0 saturated carbocycles. The highest BCUT2D eigenvalue weighted by molar-refractivity contribution is 5.44. The Morgan fingerprint density at radius 3 is 2.31 bits per heavy atom. The SMILES string of the molecule is Cc1ccc(CN(Cc2ccc3c(c2)OCO3)CC(O)Cc2ccccc2)cc1. The fraction of sp³-hybridized carbons (Fsp3) is 0.280. The Hall–Kier alpha value is -2.82. The zero-order valence-electron chi connectivity index (χ0n) is 16.8. The summed E-state index contributed by atoms with van der Waals surface area (Å²) in [6.45, 7) is 4.48. The lowest BCUT2D eigenvalue weighted by molar-refractivity contribution is 0.104. The van der Waals surface area contributed by atoms with Gasteiger partial charge in [0.2, 0.25) is 6.79 Å². The molecule has 1 aliphatic rings. The molecule has 0 aromatic heterocycles. The summed E-state index contributed by atoms with van der Waals surface area (Å²) in [6, 6.07) is 24.8. The molecule has 0 saturated heterocycles. The molecule has 0 radical (unpaired) electrons. The lowest BCUT2D eigenvalue weighted by Crippen LogP contribution is -2.33. The molecule has 4 rings (SSSR count). The van der Waals surface area contributed by atoms with Gasteiger partial charge in [0.15, 0.2) is 11.5 Å². The van der Waals surface area contributed by atoms with E-state index in [0.717, 1.165) is 35.7 Å². The smallest absolute Gasteiger partial charge is 0.231 e. The minimum absolute atomic E-state index is 0.279. The van der Waals surface area contributed by atoms with E-state index in [1.165, 1.54) is 11.1 Å². The van der Waals surface area contributed by atoms with Crippen LogP contribution in [0.15, 0.2) is 72.8 Å². The van der Waals surface area contributed by atoms with E-state index < -0.39 is 6.10 Å². The van der Waals surface area contributed by atoms with Crippen molar-refractivity contribution < 1.29 is 14.6 Å². The Labute approximate surface area is 172 Å². The van der Waals surface area contributed by atoms with Crippen molar-refractivity contribution in [2.75, 3.05) is 13.3 Å². The minimum atomic E-state index is -0.433. The van der Waals surface area contributed by atoms with E-state index in [-0.39, 0.29) is 6.79 Å². The zero-order valence-corrected chi connectivity index (χ0v) is 16.8. The van der Waals surface area contributed by atoms with Crippen LogP contribution in [0.2, 0.25) is 0 Å². The van der Waals surface area contributed by atoms with Gasteiger partial charge in [0.05, 0.1) is 6.10 Å². The lowest BCUT2D eigenvalue weighted by Gasteiger charge is -2.25. The molecule has 0 fully saturated rings. The molecule has 1 N–H and O–H groups in total. The molecular weight excluding hydrogens is 362 g/mol. The lowest BCUT2D eigenvalue weighted by atomic mass is 10.1. The standard InChI is InChI=1S/C25H27NO3/c1-19-7-9-21(10-8-19)15-26(17-23(27)13-20-5-3-2-4-6-20)16-22-11-12-24-25(14-22)29-18-28-24/h2-12,14,23,27H,13,15-18H2,1H3. The highest BCUT2D eigenvalue weighted by Crippen LogP contribution is 2.33. The Morgan fingerprint density at radius 1 is 0.828 bits per heavy atom. The number of hydrogen-bond donors (Lipinski definition) is 1. The van der Waals surface area contributed by atoms with E-state index in [9.17, 15) is 5.11 Å². The maximum atomic E-state index is 10.7. The van der Waals surface area contributed by atoms with E-state index in [0.29, 0.717) is 13.0 Å². The molecule has 3 aromatic rings. The van der Waals surface area contributed by atoms with Crippen molar-refractivity contribution in [1.82, 2.24) is 4.90 Å². The summed E-state index contributed by atoms with van der Waals surface area (Å²) < 4.78 is 10.9. The van der Waals surface area contributed by atoms with Crippen LogP contribution in [-0.2, 0) is 19.5 Å². The molecule has 3 aromatic carbocycles. The van der Waals surface area contributed by atoms with Gasteiger partial charge in [-0.1, -0.05) is 66.2 Å². The number of ether oxygens (including phenoxy) is 2. The van der Waals surface area contributed by atoms with Crippen LogP contribution < -0.4 is 9.47 Å². The second-order valence-corrected chi connectivity index (χ2v) is 7.69. The van der Waals surface area contributed by atoms with Crippen molar-refractivity contribution >= 4 is 0 Å². The van der Waals surface area contributed by atoms with E-state index in [2.05, 4.69) is 54.3 Å². The summed E-state index contributed by atoms with van der Waals surface area (Å²) in [4.78, 5) is 2.29. The molecular formula is C25H27NO3. The number of benzene rings is 3. The molecule has 1 heterocycles. The van der Waals surface area contributed by atoms with Gasteiger partial charge < -0.3 is 14.6 Å². The molecule has 1 aliphatic heterocycles. The van der Waals surface area contributed by atoms with Crippen LogP contribution in [0.25, 0.3) is 0 Å². The summed E-state index contributed by atoms with van der Waals surface area (Å²) >= 11 is 0. The number of hydrogen-bond acceptors (Lipinski definition) is 4. The highest BCUT2D eigenvalue weighted by Gasteiger charge is 2.17. The van der Waals surface area contributed by atoms with Crippen LogP contribution >= 0.6 is 0 Å². The summed E-state index contributed by atoms with van der Waals surface area (Å²) in [7, 11) is 0. The van der Waals surface area contributed by atoms with Gasteiger partial charge in [-0.2, -0.15) is 0 Å². The molecule has 0 amide bonds. The predicted octanol–water partition coefficient (Wildman–Crippen LogP) is 4.33. The largest absolute Gasteiger partial charge is 0.454 e. The molecule has 29 heavy (non-hydrogen) atoms. The first-order chi connectivity index (χ1) is 14.2. The van der Waals surface area contributed by atoms with Crippen molar-refractivity contribution in [3.8, 4) is 11.5 Å².